The highest BCUT2D eigenvalue weighted by atomic mass is 35.5. The van der Waals surface area contributed by atoms with Gasteiger partial charge in [-0.1, -0.05) is 13.8 Å². The van der Waals surface area contributed by atoms with Gasteiger partial charge in [-0.25, -0.2) is 0 Å². The van der Waals surface area contributed by atoms with Crippen LogP contribution in [0.2, 0.25) is 0 Å². The molecule has 0 bridgehead atoms. The zero-order valence-electron chi connectivity index (χ0n) is 9.73. The van der Waals surface area contributed by atoms with Crippen molar-refractivity contribution in [3.8, 4) is 0 Å². The Kier molecular flexibility index (Phi) is 3.19. The Morgan fingerprint density at radius 1 is 1.38 bits per heavy atom. The van der Waals surface area contributed by atoms with Crippen molar-refractivity contribution in [1.29, 1.82) is 0 Å². The molecule has 1 aliphatic carbocycles. The molecule has 16 heavy (non-hydrogen) atoms. The van der Waals surface area contributed by atoms with Crippen molar-refractivity contribution >= 4 is 30.1 Å². The summed E-state index contributed by atoms with van der Waals surface area (Å²) >= 11 is 1.82. The van der Waals surface area contributed by atoms with E-state index in [1.807, 2.05) is 11.8 Å². The van der Waals surface area contributed by atoms with Gasteiger partial charge < -0.3 is 4.90 Å². The number of carbonyl (C=O) groups is 1. The number of hydrogen-bond acceptors (Lipinski definition) is 3. The third-order valence-corrected chi connectivity index (χ3v) is 5.39. The van der Waals surface area contributed by atoms with Gasteiger partial charge in [0.1, 0.15) is 0 Å². The highest BCUT2D eigenvalue weighted by molar-refractivity contribution is 7.99. The monoisotopic (exact) mass is 262 g/mol. The van der Waals surface area contributed by atoms with Crippen LogP contribution < -0.4 is 5.32 Å². The molecule has 2 heterocycles. The van der Waals surface area contributed by atoms with Gasteiger partial charge in [-0.2, -0.15) is 0 Å². The Balaban J connectivity index is 0.000000963. The summed E-state index contributed by atoms with van der Waals surface area (Å²) in [6.07, 6.45) is 0. The number of rotatable bonds is 1. The highest BCUT2D eigenvalue weighted by Crippen LogP contribution is 2.61. The van der Waals surface area contributed by atoms with Gasteiger partial charge in [-0.3, -0.25) is 10.1 Å². The van der Waals surface area contributed by atoms with Crippen molar-refractivity contribution in [1.82, 2.24) is 10.2 Å². The normalized spacial score (nSPS) is 39.1. The molecule has 0 aromatic carbocycles. The lowest BCUT2D eigenvalue weighted by Crippen LogP contribution is -2.45. The number of nitrogens with one attached hydrogen (secondary N) is 1. The first-order chi connectivity index (χ1) is 7.10. The number of halogens is 1. The topological polar surface area (TPSA) is 32.3 Å². The van der Waals surface area contributed by atoms with Crippen molar-refractivity contribution in [3.05, 3.63) is 0 Å². The van der Waals surface area contributed by atoms with Crippen molar-refractivity contribution in [2.75, 3.05) is 24.7 Å². The van der Waals surface area contributed by atoms with E-state index in [9.17, 15) is 4.79 Å². The molecule has 1 saturated carbocycles. The Labute approximate surface area is 107 Å². The van der Waals surface area contributed by atoms with E-state index < -0.39 is 0 Å². The molecule has 2 aliphatic heterocycles. The average molecular weight is 263 g/mol. The van der Waals surface area contributed by atoms with Gasteiger partial charge in [-0.05, 0) is 17.3 Å². The molecule has 2 saturated heterocycles. The Morgan fingerprint density at radius 3 is 2.50 bits per heavy atom. The standard InChI is InChI=1S/C11H18N2OS.ClH/c1-11(2)7-3-13(4-8(7)11)10(14)9-5-15-6-12-9;/h7-9,12H,3-6H2,1-2H3;1H. The molecule has 5 heteroatoms. The molecule has 3 fully saturated rings. The molecule has 3 unspecified atom stereocenters. The van der Waals surface area contributed by atoms with E-state index in [-0.39, 0.29) is 18.4 Å². The molecular weight excluding hydrogens is 244 g/mol. The molecule has 92 valence electrons. The predicted octanol–water partition coefficient (Wildman–Crippen LogP) is 1.19. The van der Waals surface area contributed by atoms with Crippen LogP contribution in [0.3, 0.4) is 0 Å². The van der Waals surface area contributed by atoms with Gasteiger partial charge in [-0.15, -0.1) is 24.2 Å². The number of piperidine rings is 1. The molecule has 1 N–H and O–H groups in total. The van der Waals surface area contributed by atoms with E-state index in [0.29, 0.717) is 11.3 Å². The van der Waals surface area contributed by atoms with Gasteiger partial charge in [0.05, 0.1) is 6.04 Å². The molecule has 3 atom stereocenters. The Morgan fingerprint density at radius 2 is 2.00 bits per heavy atom. The molecule has 0 aromatic rings. The van der Waals surface area contributed by atoms with Crippen LogP contribution in [0.5, 0.6) is 0 Å². The van der Waals surface area contributed by atoms with Crippen molar-refractivity contribution < 1.29 is 4.79 Å². The number of likely N-dealkylation sites (tertiary alicyclic amines) is 1. The van der Waals surface area contributed by atoms with Gasteiger partial charge in [0.15, 0.2) is 0 Å². The summed E-state index contributed by atoms with van der Waals surface area (Å²) in [6, 6.07) is 0.0932. The van der Waals surface area contributed by atoms with E-state index >= 15 is 0 Å². The minimum Gasteiger partial charge on any atom is -0.341 e. The van der Waals surface area contributed by atoms with E-state index in [0.717, 1.165) is 36.6 Å². The molecule has 3 rings (SSSR count). The summed E-state index contributed by atoms with van der Waals surface area (Å²) < 4.78 is 0. The van der Waals surface area contributed by atoms with Crippen LogP contribution in [-0.4, -0.2) is 41.6 Å². The first-order valence-corrected chi connectivity index (χ1v) is 6.86. The van der Waals surface area contributed by atoms with Crippen LogP contribution >= 0.6 is 24.2 Å². The van der Waals surface area contributed by atoms with Crippen LogP contribution in [0.15, 0.2) is 0 Å². The van der Waals surface area contributed by atoms with Crippen LogP contribution in [0.4, 0.5) is 0 Å². The summed E-state index contributed by atoms with van der Waals surface area (Å²) in [6.45, 7) is 6.65. The molecular formula is C11H19ClN2OS. The Hall–Kier alpha value is 0.0700. The quantitative estimate of drug-likeness (QED) is 0.771. The molecule has 3 nitrogen and oxygen atoms in total. The molecule has 0 aromatic heterocycles. The lowest BCUT2D eigenvalue weighted by molar-refractivity contribution is -0.132. The fourth-order valence-corrected chi connectivity index (χ4v) is 4.02. The first-order valence-electron chi connectivity index (χ1n) is 5.70. The molecule has 0 radical (unpaired) electrons. The molecule has 0 spiro atoms. The van der Waals surface area contributed by atoms with Crippen LogP contribution in [0.1, 0.15) is 13.8 Å². The number of nitrogens with zero attached hydrogens (tertiary/aromatic N) is 1. The number of fused-ring (bicyclic) bond motifs is 1. The fraction of sp³-hybridized carbons (Fsp3) is 0.909. The highest BCUT2D eigenvalue weighted by Gasteiger charge is 2.62. The fourth-order valence-electron chi connectivity index (χ4n) is 3.09. The smallest absolute Gasteiger partial charge is 0.240 e. The summed E-state index contributed by atoms with van der Waals surface area (Å²) in [5, 5.41) is 3.26. The molecule has 1 amide bonds. The lowest BCUT2D eigenvalue weighted by atomic mass is 10.1. The maximum absolute atomic E-state index is 12.1. The number of amides is 1. The SMILES string of the molecule is CC1(C)C2CN(C(=O)C3CSCN3)CC21.Cl. The third kappa shape index (κ3) is 1.75. The summed E-state index contributed by atoms with van der Waals surface area (Å²) in [7, 11) is 0. The zero-order valence-corrected chi connectivity index (χ0v) is 11.4. The number of hydrogen-bond donors (Lipinski definition) is 1. The maximum Gasteiger partial charge on any atom is 0.240 e. The molecule has 3 aliphatic rings. The van der Waals surface area contributed by atoms with Crippen LogP contribution in [-0.2, 0) is 4.79 Å². The van der Waals surface area contributed by atoms with E-state index in [1.54, 1.807) is 0 Å². The largest absolute Gasteiger partial charge is 0.341 e. The summed E-state index contributed by atoms with van der Waals surface area (Å²) in [5.41, 5.74) is 0.509. The summed E-state index contributed by atoms with van der Waals surface area (Å²) in [5.74, 6) is 3.77. The second-order valence-electron chi connectivity index (χ2n) is 5.55. The van der Waals surface area contributed by atoms with E-state index in [2.05, 4.69) is 24.1 Å². The minimum absolute atomic E-state index is 0. The van der Waals surface area contributed by atoms with Crippen LogP contribution in [0.25, 0.3) is 0 Å². The van der Waals surface area contributed by atoms with E-state index in [1.165, 1.54) is 0 Å². The zero-order chi connectivity index (χ0) is 10.6. The number of thioether (sulfide) groups is 1. The van der Waals surface area contributed by atoms with Gasteiger partial charge in [0.25, 0.3) is 0 Å². The minimum atomic E-state index is 0. The lowest BCUT2D eigenvalue weighted by Gasteiger charge is -2.24. The van der Waals surface area contributed by atoms with Gasteiger partial charge in [0, 0.05) is 24.7 Å². The average Bonchev–Trinajstić information content (AvgIpc) is 2.79. The van der Waals surface area contributed by atoms with Gasteiger partial charge in [0.2, 0.25) is 5.91 Å². The first kappa shape index (κ1) is 12.5. The van der Waals surface area contributed by atoms with Gasteiger partial charge >= 0.3 is 0 Å². The maximum atomic E-state index is 12.1. The summed E-state index contributed by atoms with van der Waals surface area (Å²) in [4.78, 5) is 14.1. The third-order valence-electron chi connectivity index (χ3n) is 4.45. The van der Waals surface area contributed by atoms with Crippen molar-refractivity contribution in [3.63, 3.8) is 0 Å². The number of carbonyl (C=O) groups excluding carboxylic acids is 1. The Bertz CT molecular complexity index is 290. The van der Waals surface area contributed by atoms with E-state index in [4.69, 9.17) is 0 Å². The van der Waals surface area contributed by atoms with Crippen LogP contribution in [0, 0.1) is 17.3 Å². The second kappa shape index (κ2) is 4.07. The van der Waals surface area contributed by atoms with Crippen molar-refractivity contribution in [2.45, 2.75) is 19.9 Å². The van der Waals surface area contributed by atoms with Crippen molar-refractivity contribution in [2.24, 2.45) is 17.3 Å². The predicted molar refractivity (Wildman–Crippen MR) is 68.8 cm³/mol. The second-order valence-corrected chi connectivity index (χ2v) is 6.58.